The third kappa shape index (κ3) is 1.98. The molecular weight excluding hydrogens is 160 g/mol. The highest BCUT2D eigenvalue weighted by atomic mass is 16.5. The van der Waals surface area contributed by atoms with E-state index in [0.717, 1.165) is 4.68 Å². The molecule has 12 heavy (non-hydrogen) atoms. The Morgan fingerprint density at radius 1 is 1.83 bits per heavy atom. The minimum atomic E-state index is -0.406. The largest absolute Gasteiger partial charge is 0.493 e. The molecule has 0 unspecified atom stereocenters. The van der Waals surface area contributed by atoms with Crippen molar-refractivity contribution < 1.29 is 14.6 Å². The van der Waals surface area contributed by atoms with Crippen LogP contribution in [0.3, 0.4) is 0 Å². The summed E-state index contributed by atoms with van der Waals surface area (Å²) in [5, 5.41) is 12.8. The van der Waals surface area contributed by atoms with Crippen LogP contribution in [0.2, 0.25) is 0 Å². The van der Waals surface area contributed by atoms with Crippen LogP contribution in [0.25, 0.3) is 0 Å². The molecule has 1 heterocycles. The average molecular weight is 170 g/mol. The van der Waals surface area contributed by atoms with Gasteiger partial charge in [0.1, 0.15) is 6.54 Å². The van der Waals surface area contributed by atoms with Crippen molar-refractivity contribution in [1.29, 1.82) is 0 Å². The van der Waals surface area contributed by atoms with Gasteiger partial charge >= 0.3 is 5.97 Å². The second-order valence-electron chi connectivity index (χ2n) is 2.15. The van der Waals surface area contributed by atoms with Crippen molar-refractivity contribution in [1.82, 2.24) is 9.78 Å². The molecule has 0 atom stereocenters. The third-order valence-corrected chi connectivity index (χ3v) is 1.28. The molecule has 0 saturated carbocycles. The first-order valence-corrected chi connectivity index (χ1v) is 3.60. The predicted molar refractivity (Wildman–Crippen MR) is 40.5 cm³/mol. The van der Waals surface area contributed by atoms with Crippen LogP contribution in [0.1, 0.15) is 6.92 Å². The maximum Gasteiger partial charge on any atom is 0.327 e. The van der Waals surface area contributed by atoms with Gasteiger partial charge in [-0.3, -0.25) is 4.79 Å². The van der Waals surface area contributed by atoms with Crippen LogP contribution < -0.4 is 0 Å². The molecule has 0 radical (unpaired) electrons. The number of esters is 1. The van der Waals surface area contributed by atoms with Gasteiger partial charge in [-0.15, -0.1) is 0 Å². The lowest BCUT2D eigenvalue weighted by molar-refractivity contribution is -0.144. The molecular formula is C7H10N2O3. The Morgan fingerprint density at radius 3 is 3.08 bits per heavy atom. The zero-order valence-corrected chi connectivity index (χ0v) is 6.73. The van der Waals surface area contributed by atoms with Crippen molar-refractivity contribution in [3.63, 3.8) is 0 Å². The smallest absolute Gasteiger partial charge is 0.327 e. The van der Waals surface area contributed by atoms with Crippen LogP contribution in [0.5, 0.6) is 5.88 Å². The fourth-order valence-corrected chi connectivity index (χ4v) is 0.776. The van der Waals surface area contributed by atoms with Crippen molar-refractivity contribution in [2.75, 3.05) is 6.61 Å². The number of aromatic hydroxyl groups is 1. The molecule has 0 spiro atoms. The predicted octanol–water partition coefficient (Wildman–Crippen LogP) is 0.152. The molecule has 0 aliphatic carbocycles. The van der Waals surface area contributed by atoms with E-state index in [9.17, 15) is 4.79 Å². The zero-order valence-electron chi connectivity index (χ0n) is 6.73. The summed E-state index contributed by atoms with van der Waals surface area (Å²) in [5.74, 6) is -0.445. The lowest BCUT2D eigenvalue weighted by Gasteiger charge is -2.02. The first-order chi connectivity index (χ1) is 5.74. The summed E-state index contributed by atoms with van der Waals surface area (Å²) in [6.45, 7) is 2.01. The molecule has 0 saturated heterocycles. The van der Waals surface area contributed by atoms with Crippen molar-refractivity contribution in [2.45, 2.75) is 13.5 Å². The first-order valence-electron chi connectivity index (χ1n) is 3.60. The molecule has 5 heteroatoms. The second-order valence-corrected chi connectivity index (χ2v) is 2.15. The van der Waals surface area contributed by atoms with Gasteiger partial charge in [0, 0.05) is 6.07 Å². The average Bonchev–Trinajstić information content (AvgIpc) is 2.37. The maximum absolute atomic E-state index is 10.9. The number of nitrogens with zero attached hydrogens (tertiary/aromatic N) is 2. The number of rotatable bonds is 3. The van der Waals surface area contributed by atoms with Crippen molar-refractivity contribution in [3.8, 4) is 5.88 Å². The number of aromatic nitrogens is 2. The Hall–Kier alpha value is -1.52. The van der Waals surface area contributed by atoms with Crippen LogP contribution >= 0.6 is 0 Å². The van der Waals surface area contributed by atoms with E-state index < -0.39 is 5.97 Å². The monoisotopic (exact) mass is 170 g/mol. The van der Waals surface area contributed by atoms with Crippen molar-refractivity contribution in [2.24, 2.45) is 0 Å². The van der Waals surface area contributed by atoms with Crippen LogP contribution in [0.4, 0.5) is 0 Å². The highest BCUT2D eigenvalue weighted by Crippen LogP contribution is 2.05. The van der Waals surface area contributed by atoms with Crippen molar-refractivity contribution in [3.05, 3.63) is 12.3 Å². The SMILES string of the molecule is CCOC(=O)Cn1nccc1O. The van der Waals surface area contributed by atoms with E-state index in [2.05, 4.69) is 9.84 Å². The van der Waals surface area contributed by atoms with Gasteiger partial charge < -0.3 is 9.84 Å². The maximum atomic E-state index is 10.9. The minimum Gasteiger partial charge on any atom is -0.493 e. The fourth-order valence-electron chi connectivity index (χ4n) is 0.776. The number of hydrogen-bond donors (Lipinski definition) is 1. The highest BCUT2D eigenvalue weighted by molar-refractivity contribution is 5.69. The molecule has 1 aromatic rings. The van der Waals surface area contributed by atoms with Gasteiger partial charge in [0.2, 0.25) is 5.88 Å². The molecule has 5 nitrogen and oxygen atoms in total. The van der Waals surface area contributed by atoms with Crippen LogP contribution in [-0.2, 0) is 16.1 Å². The molecule has 0 aliphatic heterocycles. The first kappa shape index (κ1) is 8.58. The molecule has 0 fully saturated rings. The molecule has 1 N–H and O–H groups in total. The van der Waals surface area contributed by atoms with E-state index in [0.29, 0.717) is 6.61 Å². The van der Waals surface area contributed by atoms with Gasteiger partial charge in [-0.25, -0.2) is 4.68 Å². The summed E-state index contributed by atoms with van der Waals surface area (Å²) < 4.78 is 5.82. The van der Waals surface area contributed by atoms with Gasteiger partial charge in [-0.1, -0.05) is 0 Å². The Morgan fingerprint density at radius 2 is 2.58 bits per heavy atom. The summed E-state index contributed by atoms with van der Waals surface area (Å²) in [6.07, 6.45) is 1.41. The molecule has 66 valence electrons. The van der Waals surface area contributed by atoms with Crippen molar-refractivity contribution >= 4 is 5.97 Å². The zero-order chi connectivity index (χ0) is 8.97. The van der Waals surface area contributed by atoms with Crippen LogP contribution in [0, 0.1) is 0 Å². The standard InChI is InChI=1S/C7H10N2O3/c1-2-12-7(11)5-9-6(10)3-4-8-9/h3-4,10H,2,5H2,1H3. The van der Waals surface area contributed by atoms with Crippen LogP contribution in [0.15, 0.2) is 12.3 Å². The molecule has 0 amide bonds. The quantitative estimate of drug-likeness (QED) is 0.656. The van der Waals surface area contributed by atoms with Crippen LogP contribution in [-0.4, -0.2) is 27.5 Å². The molecule has 1 aromatic heterocycles. The number of carbonyl (C=O) groups excluding carboxylic acids is 1. The van der Waals surface area contributed by atoms with Gasteiger partial charge in [0.15, 0.2) is 0 Å². The molecule has 0 bridgehead atoms. The summed E-state index contributed by atoms with van der Waals surface area (Å²) in [6, 6.07) is 1.40. The summed E-state index contributed by atoms with van der Waals surface area (Å²) in [4.78, 5) is 10.9. The van der Waals surface area contributed by atoms with Gasteiger partial charge in [-0.05, 0) is 6.92 Å². The van der Waals surface area contributed by atoms with E-state index >= 15 is 0 Å². The number of ether oxygens (including phenoxy) is 1. The van der Waals surface area contributed by atoms with E-state index in [1.54, 1.807) is 6.92 Å². The molecule has 0 aromatic carbocycles. The van der Waals surface area contributed by atoms with E-state index in [-0.39, 0.29) is 12.4 Å². The molecule has 0 aliphatic rings. The highest BCUT2D eigenvalue weighted by Gasteiger charge is 2.06. The van der Waals surface area contributed by atoms with E-state index in [1.165, 1.54) is 12.3 Å². The number of hydrogen-bond acceptors (Lipinski definition) is 4. The minimum absolute atomic E-state index is 0.0388. The van der Waals surface area contributed by atoms with E-state index in [4.69, 9.17) is 5.11 Å². The summed E-state index contributed by atoms with van der Waals surface area (Å²) >= 11 is 0. The topological polar surface area (TPSA) is 64.4 Å². The van der Waals surface area contributed by atoms with E-state index in [1.807, 2.05) is 0 Å². The summed E-state index contributed by atoms with van der Waals surface area (Å²) in [7, 11) is 0. The number of carbonyl (C=O) groups is 1. The Labute approximate surface area is 69.6 Å². The van der Waals surface area contributed by atoms with Gasteiger partial charge in [0.05, 0.1) is 12.8 Å². The lowest BCUT2D eigenvalue weighted by Crippen LogP contribution is -2.13. The van der Waals surface area contributed by atoms with Gasteiger partial charge in [0.25, 0.3) is 0 Å². The normalized spacial score (nSPS) is 9.75. The Bertz CT molecular complexity index is 269. The lowest BCUT2D eigenvalue weighted by atomic mass is 10.6. The third-order valence-electron chi connectivity index (χ3n) is 1.28. The van der Waals surface area contributed by atoms with Gasteiger partial charge in [-0.2, -0.15) is 5.10 Å². The Balaban J connectivity index is 2.52. The Kier molecular flexibility index (Phi) is 2.68. The fraction of sp³-hybridized carbons (Fsp3) is 0.429. The molecule has 1 rings (SSSR count). The summed E-state index contributed by atoms with van der Waals surface area (Å²) in [5.41, 5.74) is 0. The second kappa shape index (κ2) is 3.75.